The molecular weight excluding hydrogens is 172 g/mol. The summed E-state index contributed by atoms with van der Waals surface area (Å²) in [7, 11) is 0. The second-order valence-electron chi connectivity index (χ2n) is 4.43. The lowest BCUT2D eigenvalue weighted by Crippen LogP contribution is -2.16. The molecule has 1 nitrogen and oxygen atoms in total. The van der Waals surface area contributed by atoms with E-state index >= 15 is 0 Å². The second kappa shape index (κ2) is 2.96. The van der Waals surface area contributed by atoms with Gasteiger partial charge < -0.3 is 5.11 Å². The smallest absolute Gasteiger partial charge is 0.0874 e. The van der Waals surface area contributed by atoms with Gasteiger partial charge in [0.05, 0.1) is 5.60 Å². The normalized spacial score (nSPS) is 24.8. The first kappa shape index (κ1) is 9.47. The highest BCUT2D eigenvalue weighted by Gasteiger charge is 2.31. The van der Waals surface area contributed by atoms with Gasteiger partial charge in [-0.1, -0.05) is 30.4 Å². The van der Waals surface area contributed by atoms with Gasteiger partial charge in [0, 0.05) is 1.43 Å². The summed E-state index contributed by atoms with van der Waals surface area (Å²) in [5, 5.41) is 10.1. The van der Waals surface area contributed by atoms with Gasteiger partial charge in [0.25, 0.3) is 0 Å². The molecule has 0 fully saturated rings. The zero-order chi connectivity index (χ0) is 10.3. The van der Waals surface area contributed by atoms with Crippen LogP contribution >= 0.6 is 0 Å². The first-order chi connectivity index (χ1) is 6.50. The summed E-state index contributed by atoms with van der Waals surface area (Å²) in [5.74, 6) is 0. The molecule has 1 aliphatic rings. The average molecular weight is 190 g/mol. The first-order valence-corrected chi connectivity index (χ1v) is 5.02. The van der Waals surface area contributed by atoms with E-state index in [2.05, 4.69) is 12.6 Å². The molecule has 0 aliphatic heterocycles. The molecule has 1 heteroatoms. The lowest BCUT2D eigenvalue weighted by Gasteiger charge is -2.17. The quantitative estimate of drug-likeness (QED) is 0.721. The number of fused-ring (bicyclic) bond motifs is 1. The monoisotopic (exact) mass is 190 g/mol. The Hall–Kier alpha value is -1.08. The molecule has 1 aromatic carbocycles. The van der Waals surface area contributed by atoms with Crippen molar-refractivity contribution in [1.82, 2.24) is 0 Å². The van der Waals surface area contributed by atoms with Gasteiger partial charge >= 0.3 is 0 Å². The van der Waals surface area contributed by atoms with Gasteiger partial charge in [-0.2, -0.15) is 0 Å². The molecule has 0 aromatic heterocycles. The minimum atomic E-state index is -0.622. The van der Waals surface area contributed by atoms with Crippen LogP contribution in [0.5, 0.6) is 0 Å². The fourth-order valence-electron chi connectivity index (χ4n) is 2.10. The zero-order valence-corrected chi connectivity index (χ0v) is 8.80. The maximum atomic E-state index is 10.1. The zero-order valence-electron chi connectivity index (χ0n) is 8.80. The molecule has 0 bridgehead atoms. The third-order valence-corrected chi connectivity index (χ3v) is 3.06. The van der Waals surface area contributed by atoms with E-state index in [1.54, 1.807) is 0 Å². The molecule has 1 aromatic rings. The lowest BCUT2D eigenvalue weighted by molar-refractivity contribution is 0.0595. The van der Waals surface area contributed by atoms with Crippen LogP contribution in [-0.4, -0.2) is 5.11 Å². The highest BCUT2D eigenvalue weighted by molar-refractivity contribution is 5.63. The molecule has 1 aliphatic carbocycles. The topological polar surface area (TPSA) is 20.2 Å². The van der Waals surface area contributed by atoms with Gasteiger partial charge in [-0.25, -0.2) is 0 Å². The average Bonchev–Trinajstić information content (AvgIpc) is 2.42. The molecular formula is C13H18O. The molecule has 76 valence electrons. The highest BCUT2D eigenvalue weighted by atomic mass is 16.3. The molecule has 0 radical (unpaired) electrons. The van der Waals surface area contributed by atoms with Gasteiger partial charge in [0.1, 0.15) is 0 Å². The minimum Gasteiger partial charge on any atom is -0.385 e. The summed E-state index contributed by atoms with van der Waals surface area (Å²) in [5.41, 5.74) is 4.00. The van der Waals surface area contributed by atoms with Crippen LogP contribution in [0.3, 0.4) is 0 Å². The molecule has 2 rings (SSSR count). The summed E-state index contributed by atoms with van der Waals surface area (Å²) >= 11 is 0. The van der Waals surface area contributed by atoms with Crippen molar-refractivity contribution in [1.29, 1.82) is 0 Å². The van der Waals surface area contributed by atoms with Gasteiger partial charge in [-0.3, -0.25) is 0 Å². The predicted molar refractivity (Wildman–Crippen MR) is 61.2 cm³/mol. The van der Waals surface area contributed by atoms with E-state index in [1.807, 2.05) is 26.0 Å². The Morgan fingerprint density at radius 1 is 1.57 bits per heavy atom. The van der Waals surface area contributed by atoms with Crippen molar-refractivity contribution in [2.45, 2.75) is 32.3 Å². The van der Waals surface area contributed by atoms with Crippen LogP contribution in [-0.2, 0) is 12.0 Å². The third kappa shape index (κ3) is 1.38. The standard InChI is InChI=1S/C13H16O.H2/c1-9(2)10-4-5-12-11(8-10)6-7-13(12,3)14;/h4-5,8,14H,1,6-7H2,2-3H3;1H. The third-order valence-electron chi connectivity index (χ3n) is 3.06. The van der Waals surface area contributed by atoms with Crippen LogP contribution < -0.4 is 0 Å². The maximum absolute atomic E-state index is 10.1. The number of hydrogen-bond donors (Lipinski definition) is 1. The van der Waals surface area contributed by atoms with Crippen LogP contribution in [0.2, 0.25) is 0 Å². The molecule has 1 N–H and O–H groups in total. The van der Waals surface area contributed by atoms with E-state index in [-0.39, 0.29) is 1.43 Å². The number of aryl methyl sites for hydroxylation is 1. The number of allylic oxidation sites excluding steroid dienone is 1. The highest BCUT2D eigenvalue weighted by Crippen LogP contribution is 2.37. The number of hydrogen-bond acceptors (Lipinski definition) is 1. The van der Waals surface area contributed by atoms with E-state index < -0.39 is 5.60 Å². The Morgan fingerprint density at radius 2 is 2.29 bits per heavy atom. The Morgan fingerprint density at radius 3 is 2.93 bits per heavy atom. The first-order valence-electron chi connectivity index (χ1n) is 5.02. The Balaban J connectivity index is 0.00000112. The maximum Gasteiger partial charge on any atom is 0.0874 e. The molecule has 0 spiro atoms. The molecule has 0 amide bonds. The fraction of sp³-hybridized carbons (Fsp3) is 0.385. The SMILES string of the molecule is C=C(C)c1ccc2c(c1)CCC2(C)O.[HH]. The Labute approximate surface area is 86.6 Å². The van der Waals surface area contributed by atoms with E-state index in [1.165, 1.54) is 11.1 Å². The van der Waals surface area contributed by atoms with Crippen molar-refractivity contribution in [2.24, 2.45) is 0 Å². The van der Waals surface area contributed by atoms with Crippen molar-refractivity contribution in [3.63, 3.8) is 0 Å². The molecule has 1 unspecified atom stereocenters. The van der Waals surface area contributed by atoms with Crippen LogP contribution in [0.1, 0.15) is 38.4 Å². The number of aliphatic hydroxyl groups is 1. The van der Waals surface area contributed by atoms with E-state index in [9.17, 15) is 5.11 Å². The molecule has 14 heavy (non-hydrogen) atoms. The van der Waals surface area contributed by atoms with Crippen LogP contribution in [0, 0.1) is 0 Å². The van der Waals surface area contributed by atoms with Crippen LogP contribution in [0.15, 0.2) is 24.8 Å². The van der Waals surface area contributed by atoms with Crippen molar-refractivity contribution < 1.29 is 6.53 Å². The van der Waals surface area contributed by atoms with Crippen molar-refractivity contribution in [3.8, 4) is 0 Å². The summed E-state index contributed by atoms with van der Waals surface area (Å²) in [4.78, 5) is 0. The summed E-state index contributed by atoms with van der Waals surface area (Å²) in [6.07, 6.45) is 1.81. The fourth-order valence-corrected chi connectivity index (χ4v) is 2.10. The van der Waals surface area contributed by atoms with Crippen molar-refractivity contribution in [2.75, 3.05) is 0 Å². The molecule has 0 saturated carbocycles. The van der Waals surface area contributed by atoms with Crippen molar-refractivity contribution in [3.05, 3.63) is 41.5 Å². The number of rotatable bonds is 1. The van der Waals surface area contributed by atoms with Gasteiger partial charge in [-0.05, 0) is 43.4 Å². The van der Waals surface area contributed by atoms with E-state index in [0.29, 0.717) is 0 Å². The summed E-state index contributed by atoms with van der Waals surface area (Å²) in [6.45, 7) is 7.82. The summed E-state index contributed by atoms with van der Waals surface area (Å²) < 4.78 is 0. The summed E-state index contributed by atoms with van der Waals surface area (Å²) in [6, 6.07) is 6.23. The largest absolute Gasteiger partial charge is 0.385 e. The number of benzene rings is 1. The van der Waals surface area contributed by atoms with Gasteiger partial charge in [0.15, 0.2) is 0 Å². The van der Waals surface area contributed by atoms with Crippen LogP contribution in [0.25, 0.3) is 5.57 Å². The Kier molecular flexibility index (Phi) is 2.00. The molecule has 0 saturated heterocycles. The minimum absolute atomic E-state index is 0. The second-order valence-corrected chi connectivity index (χ2v) is 4.43. The molecule has 0 heterocycles. The molecule has 1 atom stereocenters. The Bertz CT molecular complexity index is 394. The van der Waals surface area contributed by atoms with Crippen LogP contribution in [0.4, 0.5) is 0 Å². The van der Waals surface area contributed by atoms with Crippen molar-refractivity contribution >= 4 is 5.57 Å². The van der Waals surface area contributed by atoms with E-state index in [0.717, 1.165) is 24.0 Å². The predicted octanol–water partition coefficient (Wildman–Crippen LogP) is 3.12. The van der Waals surface area contributed by atoms with Gasteiger partial charge in [-0.15, -0.1) is 0 Å². The van der Waals surface area contributed by atoms with E-state index in [4.69, 9.17) is 0 Å². The van der Waals surface area contributed by atoms with Gasteiger partial charge in [0.2, 0.25) is 0 Å². The lowest BCUT2D eigenvalue weighted by atomic mass is 9.96.